The van der Waals surface area contributed by atoms with E-state index in [4.69, 9.17) is 0 Å². The van der Waals surface area contributed by atoms with E-state index in [2.05, 4.69) is 44.0 Å². The molecule has 0 aliphatic heterocycles. The Kier molecular flexibility index (Phi) is 4.95. The molecule has 0 aliphatic rings. The van der Waals surface area contributed by atoms with Crippen molar-refractivity contribution in [3.05, 3.63) is 69.9 Å². The van der Waals surface area contributed by atoms with Crippen molar-refractivity contribution in [1.82, 2.24) is 0 Å². The summed E-state index contributed by atoms with van der Waals surface area (Å²) in [6.07, 6.45) is 0.833. The van der Waals surface area contributed by atoms with E-state index >= 15 is 0 Å². The van der Waals surface area contributed by atoms with Crippen molar-refractivity contribution in [2.45, 2.75) is 12.3 Å². The summed E-state index contributed by atoms with van der Waals surface area (Å²) in [5.74, 6) is 0.0337. The maximum absolute atomic E-state index is 13.8. The van der Waals surface area contributed by atoms with Crippen LogP contribution in [0.3, 0.4) is 0 Å². The normalized spacial score (nSPS) is 12.4. The van der Waals surface area contributed by atoms with E-state index in [9.17, 15) is 4.39 Å². The molecule has 2 aromatic carbocycles. The fourth-order valence-corrected chi connectivity index (χ4v) is 2.80. The molecule has 0 fully saturated rings. The van der Waals surface area contributed by atoms with Crippen molar-refractivity contribution in [1.29, 1.82) is 0 Å². The van der Waals surface area contributed by atoms with Crippen molar-refractivity contribution in [2.75, 3.05) is 5.33 Å². The van der Waals surface area contributed by atoms with E-state index in [-0.39, 0.29) is 11.7 Å². The molecule has 3 heteroatoms. The van der Waals surface area contributed by atoms with Crippen LogP contribution in [-0.4, -0.2) is 5.33 Å². The number of rotatable bonds is 4. The number of benzene rings is 2. The predicted octanol–water partition coefficient (Wildman–Crippen LogP) is 5.31. The molecular weight excluding hydrogens is 359 g/mol. The third-order valence-corrected chi connectivity index (χ3v) is 4.24. The molecule has 18 heavy (non-hydrogen) atoms. The van der Waals surface area contributed by atoms with Crippen LogP contribution < -0.4 is 0 Å². The molecule has 2 rings (SSSR count). The van der Waals surface area contributed by atoms with Crippen molar-refractivity contribution in [2.24, 2.45) is 0 Å². The lowest BCUT2D eigenvalue weighted by atomic mass is 9.93. The van der Waals surface area contributed by atoms with E-state index in [0.29, 0.717) is 0 Å². The van der Waals surface area contributed by atoms with Gasteiger partial charge in [0.05, 0.1) is 0 Å². The fourth-order valence-electron chi connectivity index (χ4n) is 1.96. The lowest BCUT2D eigenvalue weighted by Crippen LogP contribution is -2.06. The maximum Gasteiger partial charge on any atom is 0.126 e. The summed E-state index contributed by atoms with van der Waals surface area (Å²) >= 11 is 6.90. The first-order valence-electron chi connectivity index (χ1n) is 5.75. The van der Waals surface area contributed by atoms with Crippen LogP contribution in [0.25, 0.3) is 0 Å². The van der Waals surface area contributed by atoms with Crippen LogP contribution in [0.1, 0.15) is 17.0 Å². The van der Waals surface area contributed by atoms with Gasteiger partial charge in [-0.2, -0.15) is 0 Å². The monoisotopic (exact) mass is 370 g/mol. The predicted molar refractivity (Wildman–Crippen MR) is 80.8 cm³/mol. The molecule has 1 atom stereocenters. The Balaban J connectivity index is 2.20. The molecule has 0 heterocycles. The summed E-state index contributed by atoms with van der Waals surface area (Å²) < 4.78 is 14.8. The Hall–Kier alpha value is -0.670. The van der Waals surface area contributed by atoms with Crippen molar-refractivity contribution >= 4 is 31.9 Å². The average molecular weight is 372 g/mol. The molecule has 0 saturated carbocycles. The summed E-state index contributed by atoms with van der Waals surface area (Å²) in [4.78, 5) is 0. The van der Waals surface area contributed by atoms with Crippen molar-refractivity contribution in [3.8, 4) is 0 Å². The zero-order chi connectivity index (χ0) is 13.0. The minimum Gasteiger partial charge on any atom is -0.207 e. The molecule has 0 aliphatic carbocycles. The highest BCUT2D eigenvalue weighted by Gasteiger charge is 2.14. The van der Waals surface area contributed by atoms with Gasteiger partial charge < -0.3 is 0 Å². The number of halogens is 3. The van der Waals surface area contributed by atoms with Gasteiger partial charge in [0.25, 0.3) is 0 Å². The minimum absolute atomic E-state index is 0.126. The fraction of sp³-hybridized carbons (Fsp3) is 0.200. The molecule has 0 saturated heterocycles. The summed E-state index contributed by atoms with van der Waals surface area (Å²) in [6, 6.07) is 15.2. The summed E-state index contributed by atoms with van der Waals surface area (Å²) in [7, 11) is 0. The highest BCUT2D eigenvalue weighted by atomic mass is 79.9. The van der Waals surface area contributed by atoms with Gasteiger partial charge in [-0.1, -0.05) is 62.2 Å². The average Bonchev–Trinajstić information content (AvgIpc) is 2.39. The van der Waals surface area contributed by atoms with Gasteiger partial charge in [-0.15, -0.1) is 0 Å². The van der Waals surface area contributed by atoms with Crippen LogP contribution in [-0.2, 0) is 6.42 Å². The van der Waals surface area contributed by atoms with Crippen LogP contribution in [0, 0.1) is 5.82 Å². The molecule has 0 radical (unpaired) electrons. The molecule has 0 spiro atoms. The molecule has 1 unspecified atom stereocenters. The van der Waals surface area contributed by atoms with E-state index in [1.807, 2.05) is 24.3 Å². The standard InChI is InChI=1S/C15H13Br2F/c16-10-12(14-3-1-2-4-15(14)18)9-11-5-7-13(17)8-6-11/h1-8,12H,9-10H2. The second kappa shape index (κ2) is 6.48. The van der Waals surface area contributed by atoms with Crippen LogP contribution in [0.5, 0.6) is 0 Å². The van der Waals surface area contributed by atoms with Gasteiger partial charge in [0.2, 0.25) is 0 Å². The second-order valence-corrected chi connectivity index (χ2v) is 5.77. The molecular formula is C15H13Br2F. The SMILES string of the molecule is Fc1ccccc1C(CBr)Cc1ccc(Br)cc1. The summed E-state index contributed by atoms with van der Waals surface area (Å²) in [6.45, 7) is 0. The van der Waals surface area contributed by atoms with Gasteiger partial charge >= 0.3 is 0 Å². The van der Waals surface area contributed by atoms with E-state index in [0.717, 1.165) is 21.8 Å². The van der Waals surface area contributed by atoms with E-state index < -0.39 is 0 Å². The highest BCUT2D eigenvalue weighted by molar-refractivity contribution is 9.10. The van der Waals surface area contributed by atoms with Crippen LogP contribution in [0.4, 0.5) is 4.39 Å². The molecule has 94 valence electrons. The number of alkyl halides is 1. The van der Waals surface area contributed by atoms with Crippen LogP contribution >= 0.6 is 31.9 Å². The van der Waals surface area contributed by atoms with Gasteiger partial charge in [-0.25, -0.2) is 4.39 Å². The Labute approximate surface area is 123 Å². The van der Waals surface area contributed by atoms with Gasteiger partial charge in [-0.05, 0) is 35.7 Å². The molecule has 0 amide bonds. The zero-order valence-corrected chi connectivity index (χ0v) is 12.9. The maximum atomic E-state index is 13.8. The molecule has 2 aromatic rings. The number of hydrogen-bond donors (Lipinski definition) is 0. The van der Waals surface area contributed by atoms with Gasteiger partial charge in [0.15, 0.2) is 0 Å². The number of hydrogen-bond acceptors (Lipinski definition) is 0. The quantitative estimate of drug-likeness (QED) is 0.639. The molecule has 0 bridgehead atoms. The lowest BCUT2D eigenvalue weighted by molar-refractivity contribution is 0.590. The third-order valence-electron chi connectivity index (χ3n) is 2.93. The highest BCUT2D eigenvalue weighted by Crippen LogP contribution is 2.25. The summed E-state index contributed by atoms with van der Waals surface area (Å²) in [5, 5.41) is 0.754. The smallest absolute Gasteiger partial charge is 0.126 e. The Bertz CT molecular complexity index is 508. The first-order chi connectivity index (χ1) is 8.70. The first-order valence-corrected chi connectivity index (χ1v) is 7.67. The first kappa shape index (κ1) is 13.8. The third kappa shape index (κ3) is 3.42. The Morgan fingerprint density at radius 1 is 1.00 bits per heavy atom. The lowest BCUT2D eigenvalue weighted by Gasteiger charge is -2.15. The van der Waals surface area contributed by atoms with Gasteiger partial charge in [0.1, 0.15) is 5.82 Å². The molecule has 0 aromatic heterocycles. The molecule has 0 nitrogen and oxygen atoms in total. The van der Waals surface area contributed by atoms with Gasteiger partial charge in [0, 0.05) is 15.7 Å². The van der Waals surface area contributed by atoms with Gasteiger partial charge in [-0.3, -0.25) is 0 Å². The molecule has 0 N–H and O–H groups in total. The van der Waals surface area contributed by atoms with Crippen molar-refractivity contribution in [3.63, 3.8) is 0 Å². The van der Waals surface area contributed by atoms with Crippen LogP contribution in [0.15, 0.2) is 53.0 Å². The summed E-state index contributed by atoms with van der Waals surface area (Å²) in [5.41, 5.74) is 1.99. The topological polar surface area (TPSA) is 0 Å². The second-order valence-electron chi connectivity index (χ2n) is 4.20. The van der Waals surface area contributed by atoms with E-state index in [1.54, 1.807) is 6.07 Å². The Morgan fingerprint density at radius 3 is 2.28 bits per heavy atom. The van der Waals surface area contributed by atoms with Crippen LogP contribution in [0.2, 0.25) is 0 Å². The minimum atomic E-state index is -0.126. The van der Waals surface area contributed by atoms with E-state index in [1.165, 1.54) is 11.6 Å². The Morgan fingerprint density at radius 2 is 1.67 bits per heavy atom. The zero-order valence-electron chi connectivity index (χ0n) is 9.74. The largest absolute Gasteiger partial charge is 0.207 e. The van der Waals surface area contributed by atoms with Crippen molar-refractivity contribution < 1.29 is 4.39 Å².